The number of allylic oxidation sites excluding steroid dienone is 1. The van der Waals surface area contributed by atoms with Gasteiger partial charge in [0.15, 0.2) is 0 Å². The Morgan fingerprint density at radius 1 is 1.39 bits per heavy atom. The van der Waals surface area contributed by atoms with Crippen LogP contribution in [0.15, 0.2) is 30.7 Å². The first-order chi connectivity index (χ1) is 8.81. The Bertz CT molecular complexity index is 520. The molecule has 5 nitrogen and oxygen atoms in total. The molecule has 5 heteroatoms. The quantitative estimate of drug-likeness (QED) is 0.557. The van der Waals surface area contributed by atoms with Gasteiger partial charge >= 0.3 is 0 Å². The molecule has 0 aliphatic rings. The minimum atomic E-state index is 0.618. The number of hydrogen-bond acceptors (Lipinski definition) is 4. The summed E-state index contributed by atoms with van der Waals surface area (Å²) in [5.41, 5.74) is 1.34. The molecule has 2 rings (SSSR count). The van der Waals surface area contributed by atoms with E-state index in [1.54, 1.807) is 6.20 Å². The lowest BCUT2D eigenvalue weighted by Crippen LogP contribution is -2.12. The summed E-state index contributed by atoms with van der Waals surface area (Å²) in [6.45, 7) is 6.09. The number of nitrogens with zero attached hydrogens (tertiary/aromatic N) is 4. The van der Waals surface area contributed by atoms with Crippen molar-refractivity contribution >= 4 is 11.2 Å². The molecule has 0 fully saturated rings. The van der Waals surface area contributed by atoms with Crippen molar-refractivity contribution in [2.45, 2.75) is 39.0 Å². The molecule has 0 bridgehead atoms. The summed E-state index contributed by atoms with van der Waals surface area (Å²) in [7, 11) is 0. The van der Waals surface area contributed by atoms with Gasteiger partial charge in [-0.3, -0.25) is 0 Å². The van der Waals surface area contributed by atoms with Crippen molar-refractivity contribution in [3.8, 4) is 0 Å². The SMILES string of the molecule is C=C(CCCCCC)On1nnc2cccnc21. The zero-order valence-electron chi connectivity index (χ0n) is 10.7. The van der Waals surface area contributed by atoms with Gasteiger partial charge in [0.1, 0.15) is 11.3 Å². The molecule has 2 aromatic heterocycles. The topological polar surface area (TPSA) is 52.8 Å². The summed E-state index contributed by atoms with van der Waals surface area (Å²) in [5, 5.41) is 7.87. The summed E-state index contributed by atoms with van der Waals surface area (Å²) < 4.78 is 0. The van der Waals surface area contributed by atoms with Crippen molar-refractivity contribution in [2.24, 2.45) is 0 Å². The van der Waals surface area contributed by atoms with Crippen LogP contribution in [-0.2, 0) is 0 Å². The molecule has 2 aromatic rings. The van der Waals surface area contributed by atoms with Gasteiger partial charge in [-0.25, -0.2) is 4.98 Å². The molecule has 0 amide bonds. The van der Waals surface area contributed by atoms with E-state index in [2.05, 4.69) is 28.8 Å². The van der Waals surface area contributed by atoms with Gasteiger partial charge in [-0.05, 0) is 23.8 Å². The van der Waals surface area contributed by atoms with Gasteiger partial charge in [-0.2, -0.15) is 0 Å². The van der Waals surface area contributed by atoms with Crippen LogP contribution in [0.4, 0.5) is 0 Å². The summed E-state index contributed by atoms with van der Waals surface area (Å²) in [4.78, 5) is 11.0. The second-order valence-corrected chi connectivity index (χ2v) is 4.25. The predicted molar refractivity (Wildman–Crippen MR) is 69.8 cm³/mol. The van der Waals surface area contributed by atoms with Crippen LogP contribution in [-0.4, -0.2) is 20.1 Å². The average molecular weight is 246 g/mol. The molecule has 0 saturated carbocycles. The fourth-order valence-electron chi connectivity index (χ4n) is 1.72. The second-order valence-electron chi connectivity index (χ2n) is 4.25. The minimum Gasteiger partial charge on any atom is -0.360 e. The first kappa shape index (κ1) is 12.5. The van der Waals surface area contributed by atoms with Crippen LogP contribution in [0.1, 0.15) is 39.0 Å². The molecule has 0 aromatic carbocycles. The number of rotatable bonds is 7. The molecule has 0 saturated heterocycles. The van der Waals surface area contributed by atoms with Crippen molar-refractivity contribution in [1.29, 1.82) is 0 Å². The minimum absolute atomic E-state index is 0.618. The second kappa shape index (κ2) is 6.14. The van der Waals surface area contributed by atoms with Gasteiger partial charge in [0.25, 0.3) is 0 Å². The van der Waals surface area contributed by atoms with Crippen molar-refractivity contribution in [3.63, 3.8) is 0 Å². The molecule has 96 valence electrons. The van der Waals surface area contributed by atoms with Crippen LogP contribution in [0.5, 0.6) is 0 Å². The Morgan fingerprint density at radius 3 is 3.11 bits per heavy atom. The van der Waals surface area contributed by atoms with E-state index >= 15 is 0 Å². The molecule has 0 aliphatic carbocycles. The Balaban J connectivity index is 1.91. The lowest BCUT2D eigenvalue weighted by Gasteiger charge is -2.06. The Labute approximate surface area is 106 Å². The van der Waals surface area contributed by atoms with E-state index in [1.165, 1.54) is 24.1 Å². The van der Waals surface area contributed by atoms with E-state index in [-0.39, 0.29) is 0 Å². The third kappa shape index (κ3) is 3.06. The highest BCUT2D eigenvalue weighted by molar-refractivity contribution is 5.68. The van der Waals surface area contributed by atoms with E-state index in [0.29, 0.717) is 11.4 Å². The summed E-state index contributed by atoms with van der Waals surface area (Å²) in [6, 6.07) is 3.67. The van der Waals surface area contributed by atoms with Crippen LogP contribution in [0.2, 0.25) is 0 Å². The molecule has 2 heterocycles. The van der Waals surface area contributed by atoms with Crippen LogP contribution < -0.4 is 4.84 Å². The number of unbranched alkanes of at least 4 members (excludes halogenated alkanes) is 3. The van der Waals surface area contributed by atoms with Crippen molar-refractivity contribution in [3.05, 3.63) is 30.7 Å². The number of fused-ring (bicyclic) bond motifs is 1. The highest BCUT2D eigenvalue weighted by atomic mass is 16.7. The van der Waals surface area contributed by atoms with Crippen LogP contribution in [0.25, 0.3) is 11.2 Å². The van der Waals surface area contributed by atoms with E-state index in [4.69, 9.17) is 4.84 Å². The van der Waals surface area contributed by atoms with Crippen molar-refractivity contribution in [1.82, 2.24) is 20.1 Å². The fraction of sp³-hybridized carbons (Fsp3) is 0.462. The zero-order valence-corrected chi connectivity index (χ0v) is 10.7. The molecule has 0 atom stereocenters. The smallest absolute Gasteiger partial charge is 0.220 e. The first-order valence-corrected chi connectivity index (χ1v) is 6.34. The molecule has 18 heavy (non-hydrogen) atoms. The Morgan fingerprint density at radius 2 is 2.28 bits per heavy atom. The molecular formula is C13H18N4O. The van der Waals surface area contributed by atoms with Crippen LogP contribution in [0.3, 0.4) is 0 Å². The van der Waals surface area contributed by atoms with E-state index in [1.807, 2.05) is 12.1 Å². The largest absolute Gasteiger partial charge is 0.360 e. The van der Waals surface area contributed by atoms with Gasteiger partial charge in [0, 0.05) is 12.6 Å². The monoisotopic (exact) mass is 246 g/mol. The van der Waals surface area contributed by atoms with E-state index < -0.39 is 0 Å². The van der Waals surface area contributed by atoms with Gasteiger partial charge < -0.3 is 4.84 Å². The van der Waals surface area contributed by atoms with E-state index in [9.17, 15) is 0 Å². The molecule has 0 radical (unpaired) electrons. The average Bonchev–Trinajstić information content (AvgIpc) is 2.78. The number of aromatic nitrogens is 4. The molecule has 0 spiro atoms. The lowest BCUT2D eigenvalue weighted by atomic mass is 10.1. The summed E-state index contributed by atoms with van der Waals surface area (Å²) in [6.07, 6.45) is 7.30. The normalized spacial score (nSPS) is 10.7. The summed E-state index contributed by atoms with van der Waals surface area (Å²) >= 11 is 0. The predicted octanol–water partition coefficient (Wildman–Crippen LogP) is 2.74. The highest BCUT2D eigenvalue weighted by Gasteiger charge is 2.07. The maximum atomic E-state index is 5.53. The Hall–Kier alpha value is -1.91. The molecular weight excluding hydrogens is 228 g/mol. The maximum Gasteiger partial charge on any atom is 0.220 e. The van der Waals surface area contributed by atoms with Crippen LogP contribution in [0, 0.1) is 0 Å². The molecule has 0 unspecified atom stereocenters. The molecule has 0 N–H and O–H groups in total. The first-order valence-electron chi connectivity index (χ1n) is 6.34. The third-order valence-corrected chi connectivity index (χ3v) is 2.71. The van der Waals surface area contributed by atoms with Gasteiger partial charge in [0.2, 0.25) is 5.65 Å². The zero-order chi connectivity index (χ0) is 12.8. The molecule has 0 aliphatic heterocycles. The van der Waals surface area contributed by atoms with E-state index in [0.717, 1.165) is 18.4 Å². The number of pyridine rings is 1. The number of hydrogen-bond donors (Lipinski definition) is 0. The standard InChI is InChI=1S/C13H18N4O/c1-3-4-5-6-8-11(2)18-17-13-12(15-16-17)9-7-10-14-13/h7,9-10H,2-6,8H2,1H3. The lowest BCUT2D eigenvalue weighted by molar-refractivity contribution is 0.143. The maximum absolute atomic E-state index is 5.53. The summed E-state index contributed by atoms with van der Waals surface area (Å²) in [5.74, 6) is 0.698. The fourth-order valence-corrected chi connectivity index (χ4v) is 1.72. The van der Waals surface area contributed by atoms with Gasteiger partial charge in [-0.1, -0.05) is 37.6 Å². The van der Waals surface area contributed by atoms with Crippen molar-refractivity contribution in [2.75, 3.05) is 0 Å². The highest BCUT2D eigenvalue weighted by Crippen LogP contribution is 2.10. The Kier molecular flexibility index (Phi) is 4.28. The van der Waals surface area contributed by atoms with Crippen LogP contribution >= 0.6 is 0 Å². The van der Waals surface area contributed by atoms with Crippen molar-refractivity contribution < 1.29 is 4.84 Å². The van der Waals surface area contributed by atoms with Gasteiger partial charge in [-0.15, -0.1) is 5.10 Å². The third-order valence-electron chi connectivity index (χ3n) is 2.71. The van der Waals surface area contributed by atoms with Gasteiger partial charge in [0.05, 0.1) is 0 Å².